The van der Waals surface area contributed by atoms with Crippen LogP contribution in [0.3, 0.4) is 0 Å². The first-order valence-corrected chi connectivity index (χ1v) is 14.7. The molecular weight excluding hydrogens is 472 g/mol. The lowest BCUT2D eigenvalue weighted by Crippen LogP contribution is -2.64. The fourth-order valence-corrected chi connectivity index (χ4v) is 10.5. The van der Waals surface area contributed by atoms with Gasteiger partial charge in [-0.25, -0.2) is 0 Å². The van der Waals surface area contributed by atoms with Gasteiger partial charge in [0.25, 0.3) is 0 Å². The van der Waals surface area contributed by atoms with E-state index in [0.717, 1.165) is 56.9 Å². The first kappa shape index (κ1) is 27.4. The minimum atomic E-state index is -0.651. The Kier molecular flexibility index (Phi) is 5.87. The number of fused-ring (bicyclic) bond motifs is 7. The Balaban J connectivity index is 1.66. The number of nitrogens with zero attached hydrogens (tertiary/aromatic N) is 1. The second-order valence-corrected chi connectivity index (χ2v) is 15.6. The number of hydrogen-bond donors (Lipinski definition) is 1. The lowest BCUT2D eigenvalue weighted by molar-refractivity contribution is -0.172. The molecule has 0 bridgehead atoms. The summed E-state index contributed by atoms with van der Waals surface area (Å²) in [6, 6.07) is 2.19. The van der Waals surface area contributed by atoms with E-state index in [4.69, 9.17) is 5.73 Å². The number of primary amides is 1. The zero-order valence-electron chi connectivity index (χ0n) is 24.5. The monoisotopic (exact) mass is 518 g/mol. The quantitative estimate of drug-likeness (QED) is 0.462. The molecule has 5 nitrogen and oxygen atoms in total. The molecule has 5 rings (SSSR count). The van der Waals surface area contributed by atoms with Gasteiger partial charge in [-0.15, -0.1) is 0 Å². The lowest BCUT2D eigenvalue weighted by Gasteiger charge is -2.69. The van der Waals surface area contributed by atoms with Crippen LogP contribution in [0.25, 0.3) is 0 Å². The van der Waals surface area contributed by atoms with Crippen LogP contribution >= 0.6 is 0 Å². The highest BCUT2D eigenvalue weighted by Gasteiger charge is 2.69. The second-order valence-electron chi connectivity index (χ2n) is 15.6. The molecule has 206 valence electrons. The first-order chi connectivity index (χ1) is 17.5. The molecule has 2 unspecified atom stereocenters. The van der Waals surface area contributed by atoms with Crippen molar-refractivity contribution in [3.63, 3.8) is 0 Å². The van der Waals surface area contributed by atoms with Crippen molar-refractivity contribution >= 4 is 17.5 Å². The number of nitrogens with two attached hydrogens (primary N) is 1. The molecule has 5 aliphatic rings. The molecule has 3 saturated carbocycles. The van der Waals surface area contributed by atoms with Crippen LogP contribution in [0.4, 0.5) is 0 Å². The van der Waals surface area contributed by atoms with Crippen LogP contribution < -0.4 is 5.73 Å². The minimum Gasteiger partial charge on any atom is -0.370 e. The van der Waals surface area contributed by atoms with Crippen molar-refractivity contribution in [1.82, 2.24) is 0 Å². The van der Waals surface area contributed by atoms with Crippen molar-refractivity contribution in [3.8, 4) is 6.07 Å². The fraction of sp³-hybridized carbons (Fsp3) is 0.758. The van der Waals surface area contributed by atoms with E-state index in [-0.39, 0.29) is 62.5 Å². The Morgan fingerprint density at radius 2 is 1.68 bits per heavy atom. The standard InChI is InChI=1S/C33H46N2O3/c1-28(2)12-14-33(11-9-25(35)37)15-13-32(7)26(21(33)18-28)22(36)16-24-30(5)17-20(19-34)27(38)29(3,4)23(30)8-10-31(24,32)6/h16-17,21,23,26H,8-15,18H2,1-7H3,(H2,35,37)/t21?,23-,26?,30-,31+,32+,33+/m0/s1. The number of rotatable bonds is 3. The Bertz CT molecular complexity index is 1220. The normalized spacial score (nSPS) is 44.8. The molecular formula is C33H46N2O3. The summed E-state index contributed by atoms with van der Waals surface area (Å²) in [5.41, 5.74) is 5.57. The summed E-state index contributed by atoms with van der Waals surface area (Å²) < 4.78 is 0. The molecule has 1 amide bonds. The van der Waals surface area contributed by atoms with Crippen LogP contribution in [0.5, 0.6) is 0 Å². The number of amides is 1. The van der Waals surface area contributed by atoms with E-state index in [1.165, 1.54) is 0 Å². The van der Waals surface area contributed by atoms with E-state index >= 15 is 0 Å². The number of nitriles is 1. The summed E-state index contributed by atoms with van der Waals surface area (Å²) in [5.74, 6) is 0.0929. The lowest BCUT2D eigenvalue weighted by atomic mass is 9.34. The summed E-state index contributed by atoms with van der Waals surface area (Å²) >= 11 is 0. The number of Topliss-reactive ketones (excluding diaryl/α,β-unsaturated/α-hetero) is 1. The van der Waals surface area contributed by atoms with E-state index in [1.807, 2.05) is 26.0 Å². The molecule has 5 heteroatoms. The van der Waals surface area contributed by atoms with Gasteiger partial charge >= 0.3 is 0 Å². The SMILES string of the molecule is CC1(C)CC[C@]2(CCC(N)=O)CC[C@]3(C)C(C(=O)C=C4[C@@]5(C)C=C(C#N)C(=O)C(C)(C)[C@@H]5CC[C@]43C)C2C1. The highest BCUT2D eigenvalue weighted by Crippen LogP contribution is 2.75. The molecule has 0 aromatic rings. The third-order valence-electron chi connectivity index (χ3n) is 12.9. The van der Waals surface area contributed by atoms with Gasteiger partial charge in [0.2, 0.25) is 5.91 Å². The highest BCUT2D eigenvalue weighted by molar-refractivity contribution is 6.04. The van der Waals surface area contributed by atoms with Crippen LogP contribution in [-0.2, 0) is 14.4 Å². The van der Waals surface area contributed by atoms with Gasteiger partial charge < -0.3 is 5.73 Å². The van der Waals surface area contributed by atoms with Crippen molar-refractivity contribution in [2.45, 2.75) is 106 Å². The summed E-state index contributed by atoms with van der Waals surface area (Å²) in [5, 5.41) is 9.89. The van der Waals surface area contributed by atoms with E-state index in [1.54, 1.807) is 0 Å². The highest BCUT2D eigenvalue weighted by atomic mass is 16.1. The van der Waals surface area contributed by atoms with Gasteiger partial charge in [0.05, 0.1) is 5.57 Å². The molecule has 0 aromatic heterocycles. The molecule has 0 aliphatic heterocycles. The zero-order chi connectivity index (χ0) is 28.1. The van der Waals surface area contributed by atoms with E-state index < -0.39 is 10.8 Å². The van der Waals surface area contributed by atoms with Gasteiger partial charge in [0, 0.05) is 23.2 Å². The van der Waals surface area contributed by atoms with Crippen LogP contribution in [0.2, 0.25) is 0 Å². The summed E-state index contributed by atoms with van der Waals surface area (Å²) in [6.07, 6.45) is 12.0. The predicted molar refractivity (Wildman–Crippen MR) is 147 cm³/mol. The van der Waals surface area contributed by atoms with Crippen LogP contribution in [0.1, 0.15) is 106 Å². The van der Waals surface area contributed by atoms with Crippen molar-refractivity contribution in [2.24, 2.45) is 56.0 Å². The predicted octanol–water partition coefficient (Wildman–Crippen LogP) is 6.47. The third-order valence-corrected chi connectivity index (χ3v) is 12.9. The smallest absolute Gasteiger partial charge is 0.217 e. The molecule has 0 radical (unpaired) electrons. The van der Waals surface area contributed by atoms with Crippen LogP contribution in [0.15, 0.2) is 23.3 Å². The second kappa shape index (κ2) is 8.15. The molecule has 7 atom stereocenters. The average Bonchev–Trinajstić information content (AvgIpc) is 2.82. The van der Waals surface area contributed by atoms with Crippen LogP contribution in [-0.4, -0.2) is 17.5 Å². The first-order valence-electron chi connectivity index (χ1n) is 14.7. The maximum absolute atomic E-state index is 14.4. The third kappa shape index (κ3) is 3.44. The summed E-state index contributed by atoms with van der Waals surface area (Å²) in [4.78, 5) is 39.6. The van der Waals surface area contributed by atoms with E-state index in [0.29, 0.717) is 6.42 Å². The fourth-order valence-electron chi connectivity index (χ4n) is 10.5. The van der Waals surface area contributed by atoms with Gasteiger partial charge in [0.1, 0.15) is 6.07 Å². The van der Waals surface area contributed by atoms with E-state index in [2.05, 4.69) is 40.7 Å². The maximum Gasteiger partial charge on any atom is 0.217 e. The van der Waals surface area contributed by atoms with Gasteiger partial charge in [-0.1, -0.05) is 60.1 Å². The molecule has 0 aromatic carbocycles. The zero-order valence-corrected chi connectivity index (χ0v) is 24.5. The molecule has 3 fully saturated rings. The maximum atomic E-state index is 14.4. The Morgan fingerprint density at radius 3 is 2.32 bits per heavy atom. The summed E-state index contributed by atoms with van der Waals surface area (Å²) in [7, 11) is 0. The Morgan fingerprint density at radius 1 is 1.03 bits per heavy atom. The van der Waals surface area contributed by atoms with Gasteiger partial charge in [-0.3, -0.25) is 14.4 Å². The van der Waals surface area contributed by atoms with Crippen molar-refractivity contribution in [2.75, 3.05) is 0 Å². The van der Waals surface area contributed by atoms with Crippen molar-refractivity contribution < 1.29 is 14.4 Å². The Hall–Kier alpha value is -2.22. The number of ketones is 2. The molecule has 5 aliphatic carbocycles. The number of allylic oxidation sites excluding steroid dienone is 4. The minimum absolute atomic E-state index is 0.0136. The average molecular weight is 519 g/mol. The molecule has 0 heterocycles. The molecule has 0 spiro atoms. The number of carbonyl (C=O) groups excluding carboxylic acids is 3. The van der Waals surface area contributed by atoms with Crippen LogP contribution in [0, 0.1) is 61.6 Å². The van der Waals surface area contributed by atoms with Gasteiger partial charge in [-0.2, -0.15) is 5.26 Å². The van der Waals surface area contributed by atoms with Gasteiger partial charge in [0.15, 0.2) is 11.6 Å². The van der Waals surface area contributed by atoms with Crippen molar-refractivity contribution in [3.05, 3.63) is 23.3 Å². The summed E-state index contributed by atoms with van der Waals surface area (Å²) in [6.45, 7) is 15.5. The largest absolute Gasteiger partial charge is 0.370 e. The number of carbonyl (C=O) groups is 3. The number of hydrogen-bond acceptors (Lipinski definition) is 4. The topological polar surface area (TPSA) is 101 Å². The van der Waals surface area contributed by atoms with Gasteiger partial charge in [-0.05, 0) is 90.9 Å². The molecule has 0 saturated heterocycles. The van der Waals surface area contributed by atoms with Crippen molar-refractivity contribution in [1.29, 1.82) is 5.26 Å². The molecule has 38 heavy (non-hydrogen) atoms. The molecule has 2 N–H and O–H groups in total. The Labute approximate surface area is 228 Å². The van der Waals surface area contributed by atoms with E-state index in [9.17, 15) is 19.6 Å².